The first-order valence-electron chi connectivity index (χ1n) is 6.27. The van der Waals surface area contributed by atoms with Crippen LogP contribution < -0.4 is 5.56 Å². The molecule has 7 nitrogen and oxygen atoms in total. The maximum atomic E-state index is 12.4. The monoisotopic (exact) mass is 334 g/mol. The van der Waals surface area contributed by atoms with E-state index in [2.05, 4.69) is 15.3 Å². The Labute approximate surface area is 132 Å². The van der Waals surface area contributed by atoms with Gasteiger partial charge in [-0.15, -0.1) is 15.3 Å². The molecule has 0 aliphatic heterocycles. The summed E-state index contributed by atoms with van der Waals surface area (Å²) in [6, 6.07) is 9.50. The van der Waals surface area contributed by atoms with E-state index in [-0.39, 0.29) is 11.3 Å². The van der Waals surface area contributed by atoms with E-state index in [4.69, 9.17) is 5.11 Å². The fourth-order valence-corrected chi connectivity index (χ4v) is 3.40. The van der Waals surface area contributed by atoms with Crippen LogP contribution in [0.3, 0.4) is 0 Å². The van der Waals surface area contributed by atoms with Gasteiger partial charge in [0.15, 0.2) is 4.34 Å². The highest BCUT2D eigenvalue weighted by molar-refractivity contribution is 8.01. The topological polar surface area (TPSA) is 97.4 Å². The molecule has 3 aromatic rings. The Morgan fingerprint density at radius 1 is 1.27 bits per heavy atom. The third-order valence-electron chi connectivity index (χ3n) is 2.77. The van der Waals surface area contributed by atoms with Crippen LogP contribution >= 0.6 is 23.1 Å². The molecule has 112 valence electrons. The first-order valence-corrected chi connectivity index (χ1v) is 8.07. The molecule has 0 aliphatic carbocycles. The summed E-state index contributed by atoms with van der Waals surface area (Å²) in [6.07, 6.45) is 0.380. The smallest absolute Gasteiger partial charge is 0.313 e. The molecule has 2 aromatic heterocycles. The molecular formula is C13H10N4O3S2. The van der Waals surface area contributed by atoms with Gasteiger partial charge in [0, 0.05) is 6.42 Å². The molecular weight excluding hydrogens is 324 g/mol. The van der Waals surface area contributed by atoms with Crippen molar-refractivity contribution in [3.05, 3.63) is 51.9 Å². The summed E-state index contributed by atoms with van der Waals surface area (Å²) in [5, 5.41) is 20.7. The summed E-state index contributed by atoms with van der Waals surface area (Å²) < 4.78 is 1.66. The van der Waals surface area contributed by atoms with Gasteiger partial charge in [0.25, 0.3) is 5.56 Å². The number of fused-ring (bicyclic) bond motifs is 1. The highest BCUT2D eigenvalue weighted by Gasteiger charge is 2.13. The molecule has 9 heteroatoms. The highest BCUT2D eigenvalue weighted by Crippen LogP contribution is 2.22. The van der Waals surface area contributed by atoms with Crippen LogP contribution in [0.1, 0.15) is 11.3 Å². The van der Waals surface area contributed by atoms with Crippen molar-refractivity contribution in [3.8, 4) is 0 Å². The van der Waals surface area contributed by atoms with Crippen molar-refractivity contribution in [2.75, 3.05) is 5.75 Å². The Balaban J connectivity index is 1.92. The van der Waals surface area contributed by atoms with Crippen LogP contribution in [0.5, 0.6) is 0 Å². The van der Waals surface area contributed by atoms with Crippen LogP contribution in [0.2, 0.25) is 0 Å². The molecule has 0 aliphatic rings. The zero-order chi connectivity index (χ0) is 15.5. The number of hydrogen-bond acceptors (Lipinski definition) is 7. The van der Waals surface area contributed by atoms with Gasteiger partial charge in [0.1, 0.15) is 5.69 Å². The average Bonchev–Trinajstić information content (AvgIpc) is 2.93. The quantitative estimate of drug-likeness (QED) is 0.703. The summed E-state index contributed by atoms with van der Waals surface area (Å²) in [7, 11) is 0. The number of benzene rings is 1. The van der Waals surface area contributed by atoms with E-state index in [1.807, 2.05) is 30.3 Å². The van der Waals surface area contributed by atoms with E-state index in [1.165, 1.54) is 4.52 Å². The summed E-state index contributed by atoms with van der Waals surface area (Å²) in [4.78, 5) is 23.3. The van der Waals surface area contributed by atoms with Crippen LogP contribution in [0.4, 0.5) is 0 Å². The van der Waals surface area contributed by atoms with E-state index in [0.29, 0.717) is 21.4 Å². The second-order valence-corrected chi connectivity index (χ2v) is 6.54. The number of rotatable bonds is 5. The van der Waals surface area contributed by atoms with Gasteiger partial charge in [-0.3, -0.25) is 9.59 Å². The van der Waals surface area contributed by atoms with Crippen LogP contribution in [0.25, 0.3) is 4.96 Å². The predicted molar refractivity (Wildman–Crippen MR) is 82.5 cm³/mol. The number of carboxylic acids is 1. The summed E-state index contributed by atoms with van der Waals surface area (Å²) in [5.74, 6) is -1.05. The predicted octanol–water partition coefficient (Wildman–Crippen LogP) is 1.31. The molecule has 0 atom stereocenters. The second-order valence-electron chi connectivity index (χ2n) is 4.36. The molecule has 0 spiro atoms. The van der Waals surface area contributed by atoms with Crippen LogP contribution in [-0.4, -0.2) is 36.6 Å². The summed E-state index contributed by atoms with van der Waals surface area (Å²) in [6.45, 7) is 0. The number of hydrogen-bond donors (Lipinski definition) is 1. The van der Waals surface area contributed by atoms with Gasteiger partial charge in [-0.25, -0.2) is 0 Å². The molecule has 0 unspecified atom stereocenters. The van der Waals surface area contributed by atoms with Crippen molar-refractivity contribution >= 4 is 34.0 Å². The Morgan fingerprint density at radius 3 is 2.77 bits per heavy atom. The minimum absolute atomic E-state index is 0.112. The first-order chi connectivity index (χ1) is 10.6. The lowest BCUT2D eigenvalue weighted by Crippen LogP contribution is -2.22. The van der Waals surface area contributed by atoms with Crippen LogP contribution in [-0.2, 0) is 11.2 Å². The van der Waals surface area contributed by atoms with Crippen LogP contribution in [0, 0.1) is 0 Å². The number of carbonyl (C=O) groups is 1. The minimum atomic E-state index is -0.938. The van der Waals surface area contributed by atoms with Crippen molar-refractivity contribution < 1.29 is 9.90 Å². The fourth-order valence-electron chi connectivity index (χ4n) is 1.81. The Kier molecular flexibility index (Phi) is 4.16. The SMILES string of the molecule is O=C(O)CSc1nn2c(=O)c(Cc3ccccc3)nnc2s1. The number of aromatic nitrogens is 4. The van der Waals surface area contributed by atoms with Gasteiger partial charge in [-0.2, -0.15) is 4.52 Å². The maximum Gasteiger partial charge on any atom is 0.313 e. The Hall–Kier alpha value is -2.26. The fraction of sp³-hybridized carbons (Fsp3) is 0.154. The van der Waals surface area contributed by atoms with E-state index in [9.17, 15) is 9.59 Å². The molecule has 0 amide bonds. The first kappa shape index (κ1) is 14.7. The summed E-state index contributed by atoms with van der Waals surface area (Å²) in [5.41, 5.74) is 0.945. The highest BCUT2D eigenvalue weighted by atomic mass is 32.2. The van der Waals surface area contributed by atoms with Gasteiger partial charge < -0.3 is 5.11 Å². The summed E-state index contributed by atoms with van der Waals surface area (Å²) >= 11 is 2.20. The standard InChI is InChI=1S/C13H10N4O3S2/c18-10(19)7-21-13-16-17-11(20)9(14-15-12(17)22-13)6-8-4-2-1-3-5-8/h1-5H,6-7H2,(H,18,19). The number of carboxylic acid groups (broad SMARTS) is 1. The lowest BCUT2D eigenvalue weighted by molar-refractivity contribution is -0.133. The third-order valence-corrected chi connectivity index (χ3v) is 4.79. The largest absolute Gasteiger partial charge is 0.481 e. The van der Waals surface area contributed by atoms with E-state index >= 15 is 0 Å². The van der Waals surface area contributed by atoms with Crippen molar-refractivity contribution in [2.24, 2.45) is 0 Å². The molecule has 1 aromatic carbocycles. The minimum Gasteiger partial charge on any atom is -0.481 e. The lowest BCUT2D eigenvalue weighted by atomic mass is 10.1. The normalized spacial score (nSPS) is 10.9. The van der Waals surface area contributed by atoms with Gasteiger partial charge in [0.2, 0.25) is 4.96 Å². The number of thioether (sulfide) groups is 1. The van der Waals surface area contributed by atoms with Crippen molar-refractivity contribution in [3.63, 3.8) is 0 Å². The molecule has 0 saturated carbocycles. The molecule has 0 radical (unpaired) electrons. The number of aliphatic carboxylic acids is 1. The van der Waals surface area contributed by atoms with Crippen molar-refractivity contribution in [1.29, 1.82) is 0 Å². The third kappa shape index (κ3) is 3.15. The Morgan fingerprint density at radius 2 is 2.05 bits per heavy atom. The molecule has 22 heavy (non-hydrogen) atoms. The van der Waals surface area contributed by atoms with Crippen molar-refractivity contribution in [1.82, 2.24) is 19.8 Å². The molecule has 2 heterocycles. The molecule has 0 bridgehead atoms. The van der Waals surface area contributed by atoms with E-state index < -0.39 is 5.97 Å². The van der Waals surface area contributed by atoms with Gasteiger partial charge in [0.05, 0.1) is 5.75 Å². The van der Waals surface area contributed by atoms with Gasteiger partial charge in [-0.1, -0.05) is 53.4 Å². The average molecular weight is 334 g/mol. The van der Waals surface area contributed by atoms with E-state index in [0.717, 1.165) is 28.7 Å². The second kappa shape index (κ2) is 6.24. The number of nitrogens with zero attached hydrogens (tertiary/aromatic N) is 4. The van der Waals surface area contributed by atoms with Gasteiger partial charge in [-0.05, 0) is 5.56 Å². The molecule has 0 saturated heterocycles. The van der Waals surface area contributed by atoms with E-state index in [1.54, 1.807) is 0 Å². The molecule has 0 fully saturated rings. The van der Waals surface area contributed by atoms with Crippen molar-refractivity contribution in [2.45, 2.75) is 10.8 Å². The molecule has 3 rings (SSSR count). The van der Waals surface area contributed by atoms with Gasteiger partial charge >= 0.3 is 5.97 Å². The Bertz CT molecular complexity index is 876. The van der Waals surface area contributed by atoms with Crippen LogP contribution in [0.15, 0.2) is 39.5 Å². The zero-order valence-corrected chi connectivity index (χ0v) is 12.8. The lowest BCUT2D eigenvalue weighted by Gasteiger charge is -1.99. The zero-order valence-electron chi connectivity index (χ0n) is 11.2. The maximum absolute atomic E-state index is 12.4. The molecule has 1 N–H and O–H groups in total.